The van der Waals surface area contributed by atoms with E-state index in [1.54, 1.807) is 25.3 Å². The van der Waals surface area contributed by atoms with Gasteiger partial charge in [0.1, 0.15) is 0 Å². The first-order chi connectivity index (χ1) is 11.1. The van der Waals surface area contributed by atoms with Gasteiger partial charge >= 0.3 is 0 Å². The molecule has 0 saturated heterocycles. The molecular formula is C18H21NO4. The zero-order valence-electron chi connectivity index (χ0n) is 13.8. The van der Waals surface area contributed by atoms with E-state index >= 15 is 0 Å². The zero-order valence-corrected chi connectivity index (χ0v) is 13.8. The van der Waals surface area contributed by atoms with Gasteiger partial charge in [-0.1, -0.05) is 18.2 Å². The molecule has 0 atom stereocenters. The van der Waals surface area contributed by atoms with Crippen LogP contribution in [0.3, 0.4) is 0 Å². The molecule has 0 heterocycles. The molecule has 0 aliphatic rings. The van der Waals surface area contributed by atoms with E-state index in [0.717, 1.165) is 16.8 Å². The van der Waals surface area contributed by atoms with Crippen molar-refractivity contribution < 1.29 is 19.0 Å². The summed E-state index contributed by atoms with van der Waals surface area (Å²) < 4.78 is 16.0. The maximum absolute atomic E-state index is 12.1. The van der Waals surface area contributed by atoms with Crippen molar-refractivity contribution in [2.75, 3.05) is 26.1 Å². The summed E-state index contributed by atoms with van der Waals surface area (Å²) in [5, 5.41) is 2.85. The van der Waals surface area contributed by atoms with E-state index in [9.17, 15) is 4.79 Å². The Bertz CT molecular complexity index is 697. The largest absolute Gasteiger partial charge is 0.493 e. The van der Waals surface area contributed by atoms with E-state index < -0.39 is 0 Å². The fraction of sp³-hybridized carbons (Fsp3) is 0.278. The summed E-state index contributed by atoms with van der Waals surface area (Å²) in [5.41, 5.74) is 2.95. The fourth-order valence-corrected chi connectivity index (χ4v) is 2.19. The van der Waals surface area contributed by atoms with Gasteiger partial charge in [0.25, 0.3) is 5.91 Å². The second kappa shape index (κ2) is 7.54. The third-order valence-electron chi connectivity index (χ3n) is 3.60. The molecule has 23 heavy (non-hydrogen) atoms. The van der Waals surface area contributed by atoms with E-state index in [1.807, 2.05) is 32.0 Å². The monoisotopic (exact) mass is 315 g/mol. The van der Waals surface area contributed by atoms with Gasteiger partial charge in [-0.05, 0) is 43.2 Å². The lowest BCUT2D eigenvalue weighted by molar-refractivity contribution is -0.118. The van der Waals surface area contributed by atoms with Gasteiger partial charge in [0.2, 0.25) is 5.75 Å². The minimum atomic E-state index is -0.233. The molecule has 0 bridgehead atoms. The Balaban J connectivity index is 2.04. The molecule has 1 N–H and O–H groups in total. The number of hydrogen-bond acceptors (Lipinski definition) is 4. The van der Waals surface area contributed by atoms with Crippen LogP contribution < -0.4 is 19.5 Å². The van der Waals surface area contributed by atoms with Gasteiger partial charge in [-0.3, -0.25) is 4.79 Å². The molecule has 1 amide bonds. The number of anilines is 1. The van der Waals surface area contributed by atoms with Gasteiger partial charge in [0.05, 0.1) is 14.2 Å². The first kappa shape index (κ1) is 16.7. The van der Waals surface area contributed by atoms with Crippen LogP contribution in [0.2, 0.25) is 0 Å². The highest BCUT2D eigenvalue weighted by Crippen LogP contribution is 2.36. The van der Waals surface area contributed by atoms with Crippen LogP contribution in [-0.4, -0.2) is 26.7 Å². The van der Waals surface area contributed by atoms with E-state index in [2.05, 4.69) is 5.32 Å². The van der Waals surface area contributed by atoms with Crippen molar-refractivity contribution in [2.45, 2.75) is 13.8 Å². The van der Waals surface area contributed by atoms with Crippen LogP contribution >= 0.6 is 0 Å². The first-order valence-electron chi connectivity index (χ1n) is 7.26. The molecule has 0 unspecified atom stereocenters. The third-order valence-corrected chi connectivity index (χ3v) is 3.60. The Labute approximate surface area is 136 Å². The molecule has 5 heteroatoms. The maximum atomic E-state index is 12.1. The number of carbonyl (C=O) groups is 1. The highest BCUT2D eigenvalue weighted by molar-refractivity contribution is 5.92. The van der Waals surface area contributed by atoms with Crippen LogP contribution in [0.4, 0.5) is 5.69 Å². The van der Waals surface area contributed by atoms with Gasteiger partial charge in [-0.25, -0.2) is 0 Å². The molecule has 2 aromatic rings. The van der Waals surface area contributed by atoms with Crippen molar-refractivity contribution in [1.82, 2.24) is 0 Å². The lowest BCUT2D eigenvalue weighted by Crippen LogP contribution is -2.21. The van der Waals surface area contributed by atoms with Crippen LogP contribution in [0.15, 0.2) is 36.4 Å². The molecular weight excluding hydrogens is 294 g/mol. The number of rotatable bonds is 6. The van der Waals surface area contributed by atoms with Crippen LogP contribution in [0, 0.1) is 13.8 Å². The van der Waals surface area contributed by atoms with E-state index in [4.69, 9.17) is 14.2 Å². The average Bonchev–Trinajstić information content (AvgIpc) is 2.56. The van der Waals surface area contributed by atoms with Gasteiger partial charge in [0, 0.05) is 5.69 Å². The molecule has 2 rings (SSSR count). The first-order valence-corrected chi connectivity index (χ1v) is 7.26. The molecule has 0 saturated carbocycles. The third kappa shape index (κ3) is 3.94. The van der Waals surface area contributed by atoms with Gasteiger partial charge in [0.15, 0.2) is 18.1 Å². The second-order valence-corrected chi connectivity index (χ2v) is 5.08. The highest BCUT2D eigenvalue weighted by atomic mass is 16.5. The van der Waals surface area contributed by atoms with Gasteiger partial charge in [-0.15, -0.1) is 0 Å². The number of amides is 1. The van der Waals surface area contributed by atoms with Crippen molar-refractivity contribution in [3.05, 3.63) is 47.5 Å². The van der Waals surface area contributed by atoms with Crippen molar-refractivity contribution in [3.8, 4) is 17.2 Å². The number of aryl methyl sites for hydroxylation is 1. The summed E-state index contributed by atoms with van der Waals surface area (Å²) in [5.74, 6) is 1.25. The molecule has 0 aliphatic carbocycles. The quantitative estimate of drug-likeness (QED) is 0.888. The average molecular weight is 315 g/mol. The van der Waals surface area contributed by atoms with Crippen molar-refractivity contribution in [2.24, 2.45) is 0 Å². The van der Waals surface area contributed by atoms with Crippen LogP contribution in [0.25, 0.3) is 0 Å². The summed E-state index contributed by atoms with van der Waals surface area (Å²) in [7, 11) is 3.08. The van der Waals surface area contributed by atoms with Crippen LogP contribution in [-0.2, 0) is 4.79 Å². The smallest absolute Gasteiger partial charge is 0.262 e. The summed E-state index contributed by atoms with van der Waals surface area (Å²) in [6.45, 7) is 3.86. The van der Waals surface area contributed by atoms with Gasteiger partial charge < -0.3 is 19.5 Å². The molecule has 0 aliphatic heterocycles. The highest BCUT2D eigenvalue weighted by Gasteiger charge is 2.13. The Morgan fingerprint density at radius 1 is 1.00 bits per heavy atom. The Hall–Kier alpha value is -2.69. The van der Waals surface area contributed by atoms with E-state index in [0.29, 0.717) is 17.2 Å². The predicted molar refractivity (Wildman–Crippen MR) is 89.6 cm³/mol. The van der Waals surface area contributed by atoms with Crippen molar-refractivity contribution in [3.63, 3.8) is 0 Å². The summed E-state index contributed by atoms with van der Waals surface area (Å²) in [6.07, 6.45) is 0. The van der Waals surface area contributed by atoms with Gasteiger partial charge in [-0.2, -0.15) is 0 Å². The molecule has 5 nitrogen and oxygen atoms in total. The van der Waals surface area contributed by atoms with Crippen molar-refractivity contribution >= 4 is 11.6 Å². The molecule has 0 spiro atoms. The molecule has 2 aromatic carbocycles. The zero-order chi connectivity index (χ0) is 16.8. The fourth-order valence-electron chi connectivity index (χ4n) is 2.19. The SMILES string of the molecule is COc1cccc(OCC(=O)Nc2cccc(C)c2C)c1OC. The van der Waals surface area contributed by atoms with E-state index in [1.165, 1.54) is 7.11 Å². The number of ether oxygens (including phenoxy) is 3. The molecule has 0 fully saturated rings. The molecule has 0 radical (unpaired) electrons. The second-order valence-electron chi connectivity index (χ2n) is 5.08. The summed E-state index contributed by atoms with van der Waals surface area (Å²) >= 11 is 0. The lowest BCUT2D eigenvalue weighted by Gasteiger charge is -2.14. The molecule has 0 aromatic heterocycles. The minimum absolute atomic E-state index is 0.114. The summed E-state index contributed by atoms with van der Waals surface area (Å²) in [4.78, 5) is 12.1. The number of para-hydroxylation sites is 1. The Morgan fingerprint density at radius 2 is 1.70 bits per heavy atom. The van der Waals surface area contributed by atoms with E-state index in [-0.39, 0.29) is 12.5 Å². The maximum Gasteiger partial charge on any atom is 0.262 e. The predicted octanol–water partition coefficient (Wildman–Crippen LogP) is 3.34. The topological polar surface area (TPSA) is 56.8 Å². The van der Waals surface area contributed by atoms with Crippen LogP contribution in [0.1, 0.15) is 11.1 Å². The number of carbonyl (C=O) groups excluding carboxylic acids is 1. The number of hydrogen-bond donors (Lipinski definition) is 1. The Kier molecular flexibility index (Phi) is 5.46. The number of benzene rings is 2. The number of methoxy groups -OCH3 is 2. The minimum Gasteiger partial charge on any atom is -0.493 e. The Morgan fingerprint density at radius 3 is 2.39 bits per heavy atom. The van der Waals surface area contributed by atoms with Crippen molar-refractivity contribution in [1.29, 1.82) is 0 Å². The normalized spacial score (nSPS) is 10.1. The standard InChI is InChI=1S/C18H21NO4/c1-12-7-5-8-14(13(12)2)19-17(20)11-23-16-10-6-9-15(21-3)18(16)22-4/h5-10H,11H2,1-4H3,(H,19,20). The molecule has 122 valence electrons. The summed E-state index contributed by atoms with van der Waals surface area (Å²) in [6, 6.07) is 11.0. The van der Waals surface area contributed by atoms with Crippen LogP contribution in [0.5, 0.6) is 17.2 Å². The number of nitrogens with one attached hydrogen (secondary N) is 1. The lowest BCUT2D eigenvalue weighted by atomic mass is 10.1.